The van der Waals surface area contributed by atoms with Crippen LogP contribution >= 0.6 is 11.3 Å². The van der Waals surface area contributed by atoms with Gasteiger partial charge < -0.3 is 15.5 Å². The average Bonchev–Trinajstić information content (AvgIpc) is 3.11. The number of benzene rings is 1. The van der Waals surface area contributed by atoms with E-state index in [0.717, 1.165) is 54.7 Å². The van der Waals surface area contributed by atoms with E-state index in [4.69, 9.17) is 0 Å². The number of nitrogens with zero attached hydrogens (tertiary/aromatic N) is 3. The first-order chi connectivity index (χ1) is 15.9. The summed E-state index contributed by atoms with van der Waals surface area (Å²) >= 11 is 1.49. The third kappa shape index (κ3) is 6.32. The summed E-state index contributed by atoms with van der Waals surface area (Å²) in [6.45, 7) is 10.2. The quantitative estimate of drug-likeness (QED) is 0.660. The van der Waals surface area contributed by atoms with Crippen LogP contribution in [0.4, 0.5) is 16.5 Å². The molecule has 2 N–H and O–H groups in total. The van der Waals surface area contributed by atoms with Crippen molar-refractivity contribution < 1.29 is 9.59 Å². The van der Waals surface area contributed by atoms with E-state index in [1.165, 1.54) is 29.9 Å². The highest BCUT2D eigenvalue weighted by atomic mass is 32.1. The minimum absolute atomic E-state index is 0.0332. The number of nitrogens with one attached hydrogen (secondary N) is 2. The van der Waals surface area contributed by atoms with Gasteiger partial charge in [-0.05, 0) is 76.3 Å². The fraction of sp³-hybridized carbons (Fsp3) is 0.560. The van der Waals surface area contributed by atoms with Crippen molar-refractivity contribution in [2.24, 2.45) is 11.8 Å². The third-order valence-corrected chi connectivity index (χ3v) is 7.79. The van der Waals surface area contributed by atoms with Crippen molar-refractivity contribution in [2.75, 3.05) is 48.3 Å². The van der Waals surface area contributed by atoms with E-state index in [9.17, 15) is 9.59 Å². The number of hydrogen-bond acceptors (Lipinski definition) is 6. The molecule has 0 spiro atoms. The van der Waals surface area contributed by atoms with Gasteiger partial charge in [-0.25, -0.2) is 4.98 Å². The van der Waals surface area contributed by atoms with Gasteiger partial charge >= 0.3 is 0 Å². The highest BCUT2D eigenvalue weighted by Crippen LogP contribution is 2.25. The molecule has 2 amide bonds. The molecular weight excluding hydrogens is 434 g/mol. The van der Waals surface area contributed by atoms with Crippen LogP contribution in [0.1, 0.15) is 43.2 Å². The molecule has 178 valence electrons. The molecule has 0 bridgehead atoms. The molecule has 2 fully saturated rings. The van der Waals surface area contributed by atoms with Gasteiger partial charge in [-0.2, -0.15) is 0 Å². The van der Waals surface area contributed by atoms with Crippen LogP contribution in [0.3, 0.4) is 0 Å². The summed E-state index contributed by atoms with van der Waals surface area (Å²) in [5.41, 5.74) is 3.00. The van der Waals surface area contributed by atoms with Crippen LogP contribution < -0.4 is 15.5 Å². The highest BCUT2D eigenvalue weighted by molar-refractivity contribution is 7.15. The Morgan fingerprint density at radius 2 is 1.79 bits per heavy atom. The molecule has 1 aromatic carbocycles. The van der Waals surface area contributed by atoms with E-state index in [1.807, 2.05) is 26.0 Å². The molecule has 2 saturated heterocycles. The van der Waals surface area contributed by atoms with Gasteiger partial charge in [0, 0.05) is 35.9 Å². The molecule has 1 unspecified atom stereocenters. The molecule has 2 aromatic rings. The van der Waals surface area contributed by atoms with Crippen LogP contribution in [-0.4, -0.2) is 54.4 Å². The Morgan fingerprint density at radius 3 is 2.45 bits per heavy atom. The van der Waals surface area contributed by atoms with Gasteiger partial charge in [0.15, 0.2) is 5.13 Å². The van der Waals surface area contributed by atoms with Gasteiger partial charge in [-0.3, -0.25) is 14.5 Å². The maximum Gasteiger partial charge on any atom is 0.240 e. The first-order valence-corrected chi connectivity index (χ1v) is 12.8. The molecule has 3 heterocycles. The Morgan fingerprint density at radius 1 is 1.06 bits per heavy atom. The first-order valence-electron chi connectivity index (χ1n) is 12.0. The zero-order valence-corrected chi connectivity index (χ0v) is 20.7. The summed E-state index contributed by atoms with van der Waals surface area (Å²) in [5, 5.41) is 6.61. The molecule has 33 heavy (non-hydrogen) atoms. The van der Waals surface area contributed by atoms with Crippen molar-refractivity contribution >= 4 is 39.7 Å². The Balaban J connectivity index is 1.26. The zero-order valence-electron chi connectivity index (χ0n) is 19.9. The van der Waals surface area contributed by atoms with Gasteiger partial charge in [-0.1, -0.05) is 6.92 Å². The molecule has 0 aliphatic carbocycles. The molecular formula is C25H35N5O2S. The number of hydrogen-bond donors (Lipinski definition) is 2. The Bertz CT molecular complexity index is 946. The molecule has 2 aliphatic heterocycles. The molecule has 2 aliphatic rings. The Labute approximate surface area is 200 Å². The highest BCUT2D eigenvalue weighted by Gasteiger charge is 2.27. The maximum atomic E-state index is 12.9. The van der Waals surface area contributed by atoms with Crippen LogP contribution in [0.5, 0.6) is 0 Å². The Hall–Kier alpha value is -2.45. The molecule has 0 radical (unpaired) electrons. The van der Waals surface area contributed by atoms with E-state index >= 15 is 0 Å². The van der Waals surface area contributed by atoms with Crippen molar-refractivity contribution in [1.82, 2.24) is 9.88 Å². The number of likely N-dealkylation sites (tertiary alicyclic amines) is 1. The molecule has 8 heteroatoms. The molecule has 1 atom stereocenters. The van der Waals surface area contributed by atoms with E-state index in [2.05, 4.69) is 44.5 Å². The summed E-state index contributed by atoms with van der Waals surface area (Å²) in [7, 11) is 0. The lowest BCUT2D eigenvalue weighted by Crippen LogP contribution is -2.44. The van der Waals surface area contributed by atoms with E-state index in [0.29, 0.717) is 11.7 Å². The van der Waals surface area contributed by atoms with Crippen molar-refractivity contribution in [3.63, 3.8) is 0 Å². The maximum absolute atomic E-state index is 12.9. The topological polar surface area (TPSA) is 77.6 Å². The SMILES string of the molecule is Cc1nc(NC(=O)CN2CCCC(C(=O)Nc3ccc(N4CCC(C)CC4)cc3)C2)sc1C. The number of rotatable bonds is 6. The lowest BCUT2D eigenvalue weighted by Gasteiger charge is -2.32. The predicted molar refractivity (Wildman–Crippen MR) is 135 cm³/mol. The van der Waals surface area contributed by atoms with Crippen LogP contribution in [0.15, 0.2) is 24.3 Å². The fourth-order valence-corrected chi connectivity index (χ4v) is 5.40. The smallest absolute Gasteiger partial charge is 0.240 e. The van der Waals surface area contributed by atoms with Crippen molar-refractivity contribution in [3.05, 3.63) is 34.8 Å². The summed E-state index contributed by atoms with van der Waals surface area (Å²) < 4.78 is 0. The number of thiazole rings is 1. The second-order valence-corrected chi connectivity index (χ2v) is 10.7. The van der Waals surface area contributed by atoms with Gasteiger partial charge in [0.25, 0.3) is 0 Å². The third-order valence-electron chi connectivity index (χ3n) is 6.80. The largest absolute Gasteiger partial charge is 0.372 e. The minimum atomic E-state index is -0.112. The van der Waals surface area contributed by atoms with Crippen LogP contribution in [0.25, 0.3) is 0 Å². The fourth-order valence-electron chi connectivity index (χ4n) is 4.57. The normalized spacial score (nSPS) is 20.0. The second-order valence-electron chi connectivity index (χ2n) is 9.49. The van der Waals surface area contributed by atoms with Crippen LogP contribution in [-0.2, 0) is 9.59 Å². The second kappa shape index (κ2) is 10.7. The van der Waals surface area contributed by atoms with E-state index < -0.39 is 0 Å². The summed E-state index contributed by atoms with van der Waals surface area (Å²) in [5.74, 6) is 0.652. The van der Waals surface area contributed by atoms with Crippen molar-refractivity contribution in [1.29, 1.82) is 0 Å². The summed E-state index contributed by atoms with van der Waals surface area (Å²) in [4.78, 5) is 35.3. The zero-order chi connectivity index (χ0) is 23.4. The number of aromatic nitrogens is 1. The van der Waals surface area contributed by atoms with Gasteiger partial charge in [0.05, 0.1) is 18.2 Å². The number of piperidine rings is 2. The molecule has 1 aromatic heterocycles. The first kappa shape index (κ1) is 23.7. The van der Waals surface area contributed by atoms with E-state index in [-0.39, 0.29) is 24.3 Å². The van der Waals surface area contributed by atoms with Crippen LogP contribution in [0, 0.1) is 25.7 Å². The van der Waals surface area contributed by atoms with Crippen molar-refractivity contribution in [2.45, 2.75) is 46.5 Å². The predicted octanol–water partition coefficient (Wildman–Crippen LogP) is 4.29. The number of amides is 2. The van der Waals surface area contributed by atoms with E-state index in [1.54, 1.807) is 0 Å². The van der Waals surface area contributed by atoms with Crippen molar-refractivity contribution in [3.8, 4) is 0 Å². The van der Waals surface area contributed by atoms with Gasteiger partial charge in [-0.15, -0.1) is 11.3 Å². The Kier molecular flexibility index (Phi) is 7.65. The lowest BCUT2D eigenvalue weighted by molar-refractivity contribution is -0.123. The van der Waals surface area contributed by atoms with Gasteiger partial charge in [0.2, 0.25) is 11.8 Å². The molecule has 7 nitrogen and oxygen atoms in total. The summed E-state index contributed by atoms with van der Waals surface area (Å²) in [6.07, 6.45) is 4.22. The number of anilines is 3. The standard InChI is InChI=1S/C25H35N5O2S/c1-17-10-13-30(14-11-17)22-8-6-21(7-9-22)27-24(32)20-5-4-12-29(15-20)16-23(31)28-25-26-18(2)19(3)33-25/h6-9,17,20H,4-5,10-16H2,1-3H3,(H,27,32)(H,26,28,31). The average molecular weight is 470 g/mol. The monoisotopic (exact) mass is 469 g/mol. The number of carbonyl (C=O) groups excluding carboxylic acids is 2. The van der Waals surface area contributed by atoms with Gasteiger partial charge in [0.1, 0.15) is 0 Å². The minimum Gasteiger partial charge on any atom is -0.372 e. The lowest BCUT2D eigenvalue weighted by atomic mass is 9.97. The molecule has 4 rings (SSSR count). The summed E-state index contributed by atoms with van der Waals surface area (Å²) in [6, 6.07) is 8.20. The number of aryl methyl sites for hydroxylation is 2. The number of carbonyl (C=O) groups is 2. The van der Waals surface area contributed by atoms with Crippen LogP contribution in [0.2, 0.25) is 0 Å². The molecule has 0 saturated carbocycles.